The number of hydrogen-bond acceptors (Lipinski definition) is 5. The standard InChI is InChI=1S/C26H43N3O5/c1-9-11-18(21(30)23(32)27-14-10-2)28-22(31)20-17-12-13-26(7,8)34-19(17)15-29(20)24(33)16(3)25(4,5)6/h10,16-20H,2,9,11-15H2,1,3-8H3,(H,27,32)(H,28,31)/t16?,17?,18?,19?,20-/m0/s1. The molecule has 0 aliphatic carbocycles. The van der Waals surface area contributed by atoms with Gasteiger partial charge in [0.05, 0.1) is 17.7 Å². The average Bonchev–Trinajstić information content (AvgIpc) is 3.12. The van der Waals surface area contributed by atoms with E-state index in [9.17, 15) is 19.2 Å². The number of rotatable bonds is 9. The molecule has 0 radical (unpaired) electrons. The van der Waals surface area contributed by atoms with E-state index in [1.165, 1.54) is 6.08 Å². The predicted molar refractivity (Wildman–Crippen MR) is 131 cm³/mol. The molecule has 2 aliphatic rings. The van der Waals surface area contributed by atoms with Crippen LogP contribution in [0.4, 0.5) is 0 Å². The minimum absolute atomic E-state index is 0.0921. The number of carbonyl (C=O) groups excluding carboxylic acids is 4. The molecule has 4 unspecified atom stereocenters. The Hall–Kier alpha value is -2.22. The third kappa shape index (κ3) is 6.46. The van der Waals surface area contributed by atoms with Gasteiger partial charge in [-0.1, -0.05) is 47.1 Å². The van der Waals surface area contributed by atoms with Gasteiger partial charge < -0.3 is 20.3 Å². The molecule has 0 aromatic heterocycles. The van der Waals surface area contributed by atoms with E-state index in [1.54, 1.807) is 4.90 Å². The fraction of sp³-hybridized carbons (Fsp3) is 0.769. The molecule has 0 bridgehead atoms. The van der Waals surface area contributed by atoms with Crippen molar-refractivity contribution in [2.75, 3.05) is 13.1 Å². The maximum Gasteiger partial charge on any atom is 0.289 e. The number of ether oxygens (including phenoxy) is 1. The van der Waals surface area contributed by atoms with E-state index in [4.69, 9.17) is 4.74 Å². The Bertz CT molecular complexity index is 801. The first kappa shape index (κ1) is 28.0. The average molecular weight is 478 g/mol. The highest BCUT2D eigenvalue weighted by Gasteiger charge is 2.53. The highest BCUT2D eigenvalue weighted by Crippen LogP contribution is 2.41. The summed E-state index contributed by atoms with van der Waals surface area (Å²) in [4.78, 5) is 53.8. The predicted octanol–water partition coefficient (Wildman–Crippen LogP) is 2.61. The topological polar surface area (TPSA) is 105 Å². The first-order valence-electron chi connectivity index (χ1n) is 12.4. The first-order valence-corrected chi connectivity index (χ1v) is 12.4. The molecule has 0 aromatic rings. The number of nitrogens with one attached hydrogen (secondary N) is 2. The van der Waals surface area contributed by atoms with Crippen LogP contribution in [0.2, 0.25) is 0 Å². The fourth-order valence-electron chi connectivity index (χ4n) is 4.74. The summed E-state index contributed by atoms with van der Waals surface area (Å²) in [7, 11) is 0. The lowest BCUT2D eigenvalue weighted by atomic mass is 9.80. The molecule has 8 nitrogen and oxygen atoms in total. The van der Waals surface area contributed by atoms with E-state index in [0.717, 1.165) is 12.8 Å². The molecule has 3 amide bonds. The smallest absolute Gasteiger partial charge is 0.289 e. The van der Waals surface area contributed by atoms with Gasteiger partial charge in [0.15, 0.2) is 0 Å². The number of carbonyl (C=O) groups is 4. The number of hydrogen-bond donors (Lipinski definition) is 2. The van der Waals surface area contributed by atoms with Crippen molar-refractivity contribution in [3.8, 4) is 0 Å². The van der Waals surface area contributed by atoms with Gasteiger partial charge in [0, 0.05) is 24.9 Å². The Morgan fingerprint density at radius 3 is 2.44 bits per heavy atom. The van der Waals surface area contributed by atoms with Gasteiger partial charge in [0.1, 0.15) is 6.04 Å². The van der Waals surface area contributed by atoms with Gasteiger partial charge in [-0.15, -0.1) is 6.58 Å². The van der Waals surface area contributed by atoms with Crippen LogP contribution >= 0.6 is 0 Å². The lowest BCUT2D eigenvalue weighted by molar-refractivity contribution is -0.146. The normalized spacial score (nSPS) is 25.6. The van der Waals surface area contributed by atoms with Crippen LogP contribution in [0.15, 0.2) is 12.7 Å². The maximum atomic E-state index is 13.6. The summed E-state index contributed by atoms with van der Waals surface area (Å²) < 4.78 is 6.29. The van der Waals surface area contributed by atoms with Gasteiger partial charge in [0.2, 0.25) is 17.6 Å². The molecule has 2 rings (SSSR count). The Balaban J connectivity index is 2.30. The zero-order valence-corrected chi connectivity index (χ0v) is 21.9. The molecule has 2 N–H and O–H groups in total. The molecule has 0 aromatic carbocycles. The van der Waals surface area contributed by atoms with E-state index < -0.39 is 29.7 Å². The van der Waals surface area contributed by atoms with Crippen LogP contribution < -0.4 is 10.6 Å². The molecule has 2 heterocycles. The van der Waals surface area contributed by atoms with E-state index in [0.29, 0.717) is 19.4 Å². The van der Waals surface area contributed by atoms with E-state index in [-0.39, 0.29) is 41.4 Å². The second-order valence-corrected chi connectivity index (χ2v) is 11.4. The van der Waals surface area contributed by atoms with E-state index in [2.05, 4.69) is 17.2 Å². The largest absolute Gasteiger partial charge is 0.370 e. The van der Waals surface area contributed by atoms with E-state index in [1.807, 2.05) is 48.5 Å². The summed E-state index contributed by atoms with van der Waals surface area (Å²) in [5.74, 6) is -2.38. The van der Waals surface area contributed by atoms with Crippen molar-refractivity contribution in [3.63, 3.8) is 0 Å². The van der Waals surface area contributed by atoms with Crippen molar-refractivity contribution < 1.29 is 23.9 Å². The van der Waals surface area contributed by atoms with Crippen LogP contribution in [-0.2, 0) is 23.9 Å². The molecule has 8 heteroatoms. The molecule has 2 fully saturated rings. The molecule has 0 saturated carbocycles. The highest BCUT2D eigenvalue weighted by atomic mass is 16.5. The highest BCUT2D eigenvalue weighted by molar-refractivity contribution is 6.38. The van der Waals surface area contributed by atoms with Crippen LogP contribution in [0.3, 0.4) is 0 Å². The summed E-state index contributed by atoms with van der Waals surface area (Å²) in [6, 6.07) is -1.68. The molecule has 34 heavy (non-hydrogen) atoms. The SMILES string of the molecule is C=CCNC(=O)C(=O)C(CCC)NC(=O)[C@@H]1C2CCC(C)(C)OC2CN1C(=O)C(C)C(C)(C)C. The van der Waals surface area contributed by atoms with Gasteiger partial charge in [-0.05, 0) is 38.5 Å². The van der Waals surface area contributed by atoms with Crippen molar-refractivity contribution in [1.82, 2.24) is 15.5 Å². The van der Waals surface area contributed by atoms with Crippen molar-refractivity contribution in [2.45, 2.75) is 97.9 Å². The van der Waals surface area contributed by atoms with Crippen molar-refractivity contribution in [2.24, 2.45) is 17.3 Å². The van der Waals surface area contributed by atoms with Crippen molar-refractivity contribution >= 4 is 23.5 Å². The fourth-order valence-corrected chi connectivity index (χ4v) is 4.74. The Morgan fingerprint density at radius 2 is 1.88 bits per heavy atom. The number of ketones is 1. The first-order chi connectivity index (χ1) is 15.7. The van der Waals surface area contributed by atoms with Crippen LogP contribution in [0, 0.1) is 17.3 Å². The monoisotopic (exact) mass is 477 g/mol. The molecule has 0 spiro atoms. The minimum atomic E-state index is -0.945. The molecule has 192 valence electrons. The number of amides is 3. The summed E-state index contributed by atoms with van der Waals surface area (Å²) in [6.45, 7) is 17.9. The van der Waals surface area contributed by atoms with Crippen LogP contribution in [0.1, 0.15) is 74.1 Å². The lowest BCUT2D eigenvalue weighted by Gasteiger charge is -2.38. The van der Waals surface area contributed by atoms with E-state index >= 15 is 0 Å². The summed E-state index contributed by atoms with van der Waals surface area (Å²) >= 11 is 0. The van der Waals surface area contributed by atoms with Crippen LogP contribution in [0.25, 0.3) is 0 Å². The summed E-state index contributed by atoms with van der Waals surface area (Å²) in [5.41, 5.74) is -0.587. The van der Waals surface area contributed by atoms with Crippen molar-refractivity contribution in [3.05, 3.63) is 12.7 Å². The number of Topliss-reactive ketones (excluding diaryl/α,β-unsaturated/α-hetero) is 1. The Kier molecular flexibility index (Phi) is 9.08. The van der Waals surface area contributed by atoms with Gasteiger partial charge in [-0.25, -0.2) is 0 Å². The zero-order chi connectivity index (χ0) is 25.8. The quantitative estimate of drug-likeness (QED) is 0.392. The van der Waals surface area contributed by atoms with Crippen molar-refractivity contribution in [1.29, 1.82) is 0 Å². The second-order valence-electron chi connectivity index (χ2n) is 11.4. The molecular weight excluding hydrogens is 434 g/mol. The van der Waals surface area contributed by atoms with Crippen LogP contribution in [-0.4, -0.2) is 65.3 Å². The summed E-state index contributed by atoms with van der Waals surface area (Å²) in [6.07, 6.45) is 3.71. The molecule has 2 aliphatic heterocycles. The maximum absolute atomic E-state index is 13.6. The Labute approximate surface area is 204 Å². The third-order valence-electron chi connectivity index (χ3n) is 7.21. The van der Waals surface area contributed by atoms with Gasteiger partial charge in [-0.3, -0.25) is 19.2 Å². The van der Waals surface area contributed by atoms with Gasteiger partial charge in [-0.2, -0.15) is 0 Å². The number of fused-ring (bicyclic) bond motifs is 1. The number of nitrogens with zero attached hydrogens (tertiary/aromatic N) is 1. The second kappa shape index (κ2) is 11.0. The Morgan fingerprint density at radius 1 is 1.24 bits per heavy atom. The zero-order valence-electron chi connectivity index (χ0n) is 21.9. The number of likely N-dealkylation sites (tertiary alicyclic amines) is 1. The lowest BCUT2D eigenvalue weighted by Crippen LogP contribution is -2.56. The van der Waals surface area contributed by atoms with Crippen LogP contribution in [0.5, 0.6) is 0 Å². The van der Waals surface area contributed by atoms with Gasteiger partial charge >= 0.3 is 0 Å². The summed E-state index contributed by atoms with van der Waals surface area (Å²) in [5, 5.41) is 5.29. The molecular formula is C26H43N3O5. The minimum Gasteiger partial charge on any atom is -0.370 e. The third-order valence-corrected chi connectivity index (χ3v) is 7.21. The molecule has 2 saturated heterocycles. The van der Waals surface area contributed by atoms with Gasteiger partial charge in [0.25, 0.3) is 5.91 Å². The molecule has 5 atom stereocenters.